The molecule has 2 amide bonds. The van der Waals surface area contributed by atoms with Gasteiger partial charge in [-0.25, -0.2) is 4.79 Å². The minimum Gasteiger partial charge on any atom is -0.338 e. The van der Waals surface area contributed by atoms with Gasteiger partial charge in [0, 0.05) is 12.6 Å². The van der Waals surface area contributed by atoms with E-state index in [2.05, 4.69) is 10.6 Å². The van der Waals surface area contributed by atoms with Crippen LogP contribution in [-0.4, -0.2) is 18.6 Å². The molecule has 0 bridgehead atoms. The Balaban J connectivity index is 3.70. The van der Waals surface area contributed by atoms with E-state index >= 15 is 0 Å². The highest BCUT2D eigenvalue weighted by Crippen LogP contribution is 1.94. The van der Waals surface area contributed by atoms with E-state index < -0.39 is 0 Å². The number of urea groups is 1. The van der Waals surface area contributed by atoms with Crippen LogP contribution < -0.4 is 10.6 Å². The van der Waals surface area contributed by atoms with Gasteiger partial charge in [0.25, 0.3) is 0 Å². The van der Waals surface area contributed by atoms with Crippen molar-refractivity contribution in [1.29, 1.82) is 5.26 Å². The molecule has 0 aromatic rings. The molecule has 0 aliphatic heterocycles. The van der Waals surface area contributed by atoms with Gasteiger partial charge in [-0.3, -0.25) is 0 Å². The first-order chi connectivity index (χ1) is 5.74. The SMILES string of the molecule is CCNC(=O)NC(CC)CC#N. The number of hydrogen-bond acceptors (Lipinski definition) is 2. The van der Waals surface area contributed by atoms with E-state index in [-0.39, 0.29) is 12.1 Å². The minimum atomic E-state index is -0.195. The lowest BCUT2D eigenvalue weighted by Gasteiger charge is -2.13. The van der Waals surface area contributed by atoms with Crippen LogP contribution in [-0.2, 0) is 0 Å². The third-order valence-corrected chi connectivity index (χ3v) is 1.50. The van der Waals surface area contributed by atoms with E-state index in [0.717, 1.165) is 6.42 Å². The van der Waals surface area contributed by atoms with Gasteiger partial charge < -0.3 is 10.6 Å². The predicted octanol–water partition coefficient (Wildman–Crippen LogP) is 0.998. The third kappa shape index (κ3) is 4.56. The summed E-state index contributed by atoms with van der Waals surface area (Å²) >= 11 is 0. The molecule has 12 heavy (non-hydrogen) atoms. The fourth-order valence-electron chi connectivity index (χ4n) is 0.805. The van der Waals surface area contributed by atoms with Crippen LogP contribution in [0.5, 0.6) is 0 Å². The molecule has 0 aliphatic carbocycles. The number of rotatable bonds is 4. The van der Waals surface area contributed by atoms with Gasteiger partial charge in [-0.1, -0.05) is 6.92 Å². The van der Waals surface area contributed by atoms with Crippen molar-refractivity contribution in [1.82, 2.24) is 10.6 Å². The van der Waals surface area contributed by atoms with Crippen LogP contribution in [0, 0.1) is 11.3 Å². The van der Waals surface area contributed by atoms with Crippen molar-refractivity contribution in [2.45, 2.75) is 32.7 Å². The van der Waals surface area contributed by atoms with Gasteiger partial charge in [-0.05, 0) is 13.3 Å². The molecule has 0 saturated heterocycles. The maximum absolute atomic E-state index is 11.0. The minimum absolute atomic E-state index is 0.0263. The molecule has 1 unspecified atom stereocenters. The summed E-state index contributed by atoms with van der Waals surface area (Å²) in [6.45, 7) is 4.40. The van der Waals surface area contributed by atoms with E-state index in [1.54, 1.807) is 0 Å². The Bertz CT molecular complexity index is 174. The quantitative estimate of drug-likeness (QED) is 0.659. The van der Waals surface area contributed by atoms with Crippen molar-refractivity contribution in [2.75, 3.05) is 6.54 Å². The summed E-state index contributed by atoms with van der Waals surface area (Å²) in [5.74, 6) is 0. The Morgan fingerprint density at radius 1 is 1.58 bits per heavy atom. The number of carbonyl (C=O) groups excluding carboxylic acids is 1. The molecule has 4 nitrogen and oxygen atoms in total. The van der Waals surface area contributed by atoms with Crippen LogP contribution in [0.3, 0.4) is 0 Å². The fourth-order valence-corrected chi connectivity index (χ4v) is 0.805. The maximum Gasteiger partial charge on any atom is 0.315 e. The zero-order chi connectivity index (χ0) is 9.40. The zero-order valence-corrected chi connectivity index (χ0v) is 7.55. The summed E-state index contributed by atoms with van der Waals surface area (Å²) in [7, 11) is 0. The maximum atomic E-state index is 11.0. The number of nitrogens with one attached hydrogen (secondary N) is 2. The lowest BCUT2D eigenvalue weighted by molar-refractivity contribution is 0.237. The first kappa shape index (κ1) is 10.8. The van der Waals surface area contributed by atoms with E-state index in [1.165, 1.54) is 0 Å². The fraction of sp³-hybridized carbons (Fsp3) is 0.750. The molecule has 2 N–H and O–H groups in total. The lowest BCUT2D eigenvalue weighted by atomic mass is 10.2. The molecular formula is C8H15N3O. The Hall–Kier alpha value is -1.24. The molecule has 0 heterocycles. The third-order valence-electron chi connectivity index (χ3n) is 1.50. The van der Waals surface area contributed by atoms with Gasteiger partial charge in [0.05, 0.1) is 12.5 Å². The predicted molar refractivity (Wildman–Crippen MR) is 46.5 cm³/mol. The zero-order valence-electron chi connectivity index (χ0n) is 7.55. The first-order valence-corrected chi connectivity index (χ1v) is 4.15. The molecule has 0 saturated carbocycles. The standard InChI is InChI=1S/C8H15N3O/c1-3-7(5-6-9)11-8(12)10-4-2/h7H,3-5H2,1-2H3,(H2,10,11,12). The monoisotopic (exact) mass is 169 g/mol. The van der Waals surface area contributed by atoms with Crippen LogP contribution in [0.4, 0.5) is 4.79 Å². The van der Waals surface area contributed by atoms with Crippen LogP contribution >= 0.6 is 0 Å². The van der Waals surface area contributed by atoms with Crippen LogP contribution in [0.2, 0.25) is 0 Å². The molecule has 4 heteroatoms. The Labute approximate surface area is 72.9 Å². The van der Waals surface area contributed by atoms with Gasteiger partial charge >= 0.3 is 6.03 Å². The van der Waals surface area contributed by atoms with Crippen molar-refractivity contribution in [3.63, 3.8) is 0 Å². The highest BCUT2D eigenvalue weighted by Gasteiger charge is 2.07. The second-order valence-electron chi connectivity index (χ2n) is 2.47. The molecule has 0 aliphatic rings. The van der Waals surface area contributed by atoms with Crippen molar-refractivity contribution < 1.29 is 4.79 Å². The van der Waals surface area contributed by atoms with Crippen LogP contribution in [0.1, 0.15) is 26.7 Å². The average molecular weight is 169 g/mol. The summed E-state index contributed by atoms with van der Waals surface area (Å²) < 4.78 is 0. The number of hydrogen-bond donors (Lipinski definition) is 2. The summed E-state index contributed by atoms with van der Waals surface area (Å²) in [6, 6.07) is 1.80. The van der Waals surface area contributed by atoms with Crippen molar-refractivity contribution in [2.24, 2.45) is 0 Å². The molecule has 1 atom stereocenters. The van der Waals surface area contributed by atoms with Crippen molar-refractivity contribution >= 4 is 6.03 Å². The average Bonchev–Trinajstić information content (AvgIpc) is 2.04. The molecule has 0 rings (SSSR count). The van der Waals surface area contributed by atoms with Crippen LogP contribution in [0.15, 0.2) is 0 Å². The highest BCUT2D eigenvalue weighted by molar-refractivity contribution is 5.74. The molecule has 0 fully saturated rings. The second kappa shape index (κ2) is 6.47. The Morgan fingerprint density at radius 3 is 2.67 bits per heavy atom. The van der Waals surface area contributed by atoms with Gasteiger partial charge in [-0.2, -0.15) is 5.26 Å². The van der Waals surface area contributed by atoms with Crippen molar-refractivity contribution in [3.8, 4) is 6.07 Å². The number of nitriles is 1. The number of amides is 2. The number of nitrogens with zero attached hydrogens (tertiary/aromatic N) is 1. The van der Waals surface area contributed by atoms with Gasteiger partial charge in [0.2, 0.25) is 0 Å². The largest absolute Gasteiger partial charge is 0.338 e. The summed E-state index contributed by atoms with van der Waals surface area (Å²) in [5.41, 5.74) is 0. The lowest BCUT2D eigenvalue weighted by Crippen LogP contribution is -2.41. The molecule has 68 valence electrons. The van der Waals surface area contributed by atoms with Gasteiger partial charge in [-0.15, -0.1) is 0 Å². The molecular weight excluding hydrogens is 154 g/mol. The van der Waals surface area contributed by atoms with Crippen LogP contribution in [0.25, 0.3) is 0 Å². The van der Waals surface area contributed by atoms with Gasteiger partial charge in [0.15, 0.2) is 0 Å². The van der Waals surface area contributed by atoms with E-state index in [0.29, 0.717) is 13.0 Å². The normalized spacial score (nSPS) is 11.4. The topological polar surface area (TPSA) is 64.9 Å². The van der Waals surface area contributed by atoms with E-state index in [4.69, 9.17) is 5.26 Å². The highest BCUT2D eigenvalue weighted by atomic mass is 16.2. The molecule has 0 spiro atoms. The molecule has 0 aromatic heterocycles. The Morgan fingerprint density at radius 2 is 2.25 bits per heavy atom. The summed E-state index contributed by atoms with van der Waals surface area (Å²) in [5, 5.41) is 13.7. The van der Waals surface area contributed by atoms with Gasteiger partial charge in [0.1, 0.15) is 0 Å². The Kier molecular flexibility index (Phi) is 5.80. The van der Waals surface area contributed by atoms with E-state index in [9.17, 15) is 4.79 Å². The summed E-state index contributed by atoms with van der Waals surface area (Å²) in [4.78, 5) is 11.0. The van der Waals surface area contributed by atoms with Crippen molar-refractivity contribution in [3.05, 3.63) is 0 Å². The first-order valence-electron chi connectivity index (χ1n) is 4.15. The second-order valence-corrected chi connectivity index (χ2v) is 2.47. The molecule has 0 aromatic carbocycles. The van der Waals surface area contributed by atoms with E-state index in [1.807, 2.05) is 19.9 Å². The number of carbonyl (C=O) groups is 1. The summed E-state index contributed by atoms with van der Waals surface area (Å²) in [6.07, 6.45) is 1.15. The smallest absolute Gasteiger partial charge is 0.315 e. The molecule has 0 radical (unpaired) electrons.